The van der Waals surface area contributed by atoms with Gasteiger partial charge in [0.2, 0.25) is 5.91 Å². The van der Waals surface area contributed by atoms with Crippen LogP contribution >= 0.6 is 12.2 Å². The highest BCUT2D eigenvalue weighted by molar-refractivity contribution is 7.80. The number of benzene rings is 1. The number of hydrogen-bond acceptors (Lipinski definition) is 2. The minimum atomic E-state index is -0.356. The molecule has 19 heavy (non-hydrogen) atoms. The first-order valence-electron chi connectivity index (χ1n) is 6.36. The van der Waals surface area contributed by atoms with Crippen molar-refractivity contribution in [3.05, 3.63) is 29.3 Å². The molecule has 1 rings (SSSR count). The normalized spacial score (nSPS) is 11.6. The van der Waals surface area contributed by atoms with Crippen LogP contribution in [0.2, 0.25) is 0 Å². The van der Waals surface area contributed by atoms with Crippen LogP contribution in [0.15, 0.2) is 18.2 Å². The zero-order chi connectivity index (χ0) is 14.4. The van der Waals surface area contributed by atoms with Crippen molar-refractivity contribution in [1.29, 1.82) is 0 Å². The van der Waals surface area contributed by atoms with E-state index in [0.29, 0.717) is 11.7 Å². The van der Waals surface area contributed by atoms with Crippen LogP contribution in [0, 0.1) is 13.8 Å². The fraction of sp³-hybridized carbons (Fsp3) is 0.429. The van der Waals surface area contributed by atoms with Crippen LogP contribution in [-0.4, -0.2) is 23.6 Å². The molecule has 5 heteroatoms. The molecule has 0 saturated heterocycles. The van der Waals surface area contributed by atoms with Crippen LogP contribution < -0.4 is 16.0 Å². The first-order valence-corrected chi connectivity index (χ1v) is 6.76. The standard InChI is InChI=1S/C14H21N3OS/c1-5-15-13(18)11(4)16-14(19)17-12-7-9(2)6-10(3)8-12/h6-8,11H,5H2,1-4H3,(H,15,18)(H2,16,17,19)/t11-/m0/s1. The molecular formula is C14H21N3OS. The fourth-order valence-electron chi connectivity index (χ4n) is 1.80. The first-order chi connectivity index (χ1) is 8.92. The molecule has 0 bridgehead atoms. The molecule has 3 N–H and O–H groups in total. The van der Waals surface area contributed by atoms with Gasteiger partial charge in [-0.2, -0.15) is 0 Å². The Kier molecular flexibility index (Phi) is 5.76. The Hall–Kier alpha value is -1.62. The van der Waals surface area contributed by atoms with Gasteiger partial charge in [0, 0.05) is 12.2 Å². The van der Waals surface area contributed by atoms with Crippen molar-refractivity contribution in [2.24, 2.45) is 0 Å². The molecule has 104 valence electrons. The number of likely N-dealkylation sites (N-methyl/N-ethyl adjacent to an activating group) is 1. The molecule has 4 nitrogen and oxygen atoms in total. The molecule has 1 aromatic rings. The lowest BCUT2D eigenvalue weighted by Crippen LogP contribution is -2.46. The van der Waals surface area contributed by atoms with Crippen LogP contribution in [-0.2, 0) is 4.79 Å². The van der Waals surface area contributed by atoms with Gasteiger partial charge in [0.15, 0.2) is 5.11 Å². The maximum atomic E-state index is 11.6. The van der Waals surface area contributed by atoms with Crippen molar-refractivity contribution in [2.45, 2.75) is 33.7 Å². The summed E-state index contributed by atoms with van der Waals surface area (Å²) < 4.78 is 0. The summed E-state index contributed by atoms with van der Waals surface area (Å²) in [6.45, 7) is 8.34. The molecule has 0 aliphatic rings. The average molecular weight is 279 g/mol. The molecule has 0 aromatic heterocycles. The van der Waals surface area contributed by atoms with Gasteiger partial charge in [-0.15, -0.1) is 0 Å². The molecule has 0 spiro atoms. The molecule has 0 saturated carbocycles. The number of carbonyl (C=O) groups excluding carboxylic acids is 1. The van der Waals surface area contributed by atoms with E-state index in [1.54, 1.807) is 6.92 Å². The van der Waals surface area contributed by atoms with E-state index in [0.717, 1.165) is 5.69 Å². The molecular weight excluding hydrogens is 258 g/mol. The van der Waals surface area contributed by atoms with Crippen LogP contribution in [0.1, 0.15) is 25.0 Å². The zero-order valence-electron chi connectivity index (χ0n) is 11.8. The van der Waals surface area contributed by atoms with Gasteiger partial charge in [-0.25, -0.2) is 0 Å². The first kappa shape index (κ1) is 15.4. The van der Waals surface area contributed by atoms with Gasteiger partial charge in [0.05, 0.1) is 0 Å². The average Bonchev–Trinajstić information content (AvgIpc) is 2.27. The van der Waals surface area contributed by atoms with Gasteiger partial charge in [-0.1, -0.05) is 6.07 Å². The molecule has 0 radical (unpaired) electrons. The second-order valence-electron chi connectivity index (χ2n) is 4.59. The second-order valence-corrected chi connectivity index (χ2v) is 5.00. The van der Waals surface area contributed by atoms with Crippen molar-refractivity contribution in [3.8, 4) is 0 Å². The number of anilines is 1. The Labute approximate surface area is 120 Å². The summed E-state index contributed by atoms with van der Waals surface area (Å²) in [6, 6.07) is 5.76. The topological polar surface area (TPSA) is 53.2 Å². The number of rotatable bonds is 4. The molecule has 1 amide bonds. The molecule has 0 aliphatic carbocycles. The van der Waals surface area contributed by atoms with Gasteiger partial charge >= 0.3 is 0 Å². The quantitative estimate of drug-likeness (QED) is 0.739. The van der Waals surface area contributed by atoms with Crippen LogP contribution in [0.25, 0.3) is 0 Å². The number of carbonyl (C=O) groups is 1. The predicted octanol–water partition coefficient (Wildman–Crippen LogP) is 2.11. The third-order valence-corrected chi connectivity index (χ3v) is 2.79. The minimum Gasteiger partial charge on any atom is -0.355 e. The lowest BCUT2D eigenvalue weighted by atomic mass is 10.1. The number of thiocarbonyl (C=S) groups is 1. The van der Waals surface area contributed by atoms with Crippen LogP contribution in [0.3, 0.4) is 0 Å². The minimum absolute atomic E-state index is 0.0629. The Morgan fingerprint density at radius 3 is 2.37 bits per heavy atom. The van der Waals surface area contributed by atoms with Crippen molar-refractivity contribution in [3.63, 3.8) is 0 Å². The Balaban J connectivity index is 2.57. The summed E-state index contributed by atoms with van der Waals surface area (Å²) in [5.41, 5.74) is 3.27. The van der Waals surface area contributed by atoms with Gasteiger partial charge < -0.3 is 16.0 Å². The Morgan fingerprint density at radius 1 is 1.26 bits per heavy atom. The lowest BCUT2D eigenvalue weighted by Gasteiger charge is -2.16. The molecule has 0 unspecified atom stereocenters. The largest absolute Gasteiger partial charge is 0.355 e. The zero-order valence-corrected chi connectivity index (χ0v) is 12.6. The van der Waals surface area contributed by atoms with E-state index in [-0.39, 0.29) is 11.9 Å². The van der Waals surface area contributed by atoms with E-state index < -0.39 is 0 Å². The lowest BCUT2D eigenvalue weighted by molar-refractivity contribution is -0.122. The van der Waals surface area contributed by atoms with E-state index in [9.17, 15) is 4.79 Å². The van der Waals surface area contributed by atoms with Crippen molar-refractivity contribution in [2.75, 3.05) is 11.9 Å². The third-order valence-electron chi connectivity index (χ3n) is 2.57. The highest BCUT2D eigenvalue weighted by atomic mass is 32.1. The maximum absolute atomic E-state index is 11.6. The molecule has 0 aliphatic heterocycles. The van der Waals surface area contributed by atoms with Gasteiger partial charge in [-0.3, -0.25) is 4.79 Å². The second kappa shape index (κ2) is 7.09. The van der Waals surface area contributed by atoms with E-state index in [1.807, 2.05) is 32.9 Å². The summed E-state index contributed by atoms with van der Waals surface area (Å²) in [6.07, 6.45) is 0. The summed E-state index contributed by atoms with van der Waals surface area (Å²) in [7, 11) is 0. The fourth-order valence-corrected chi connectivity index (χ4v) is 2.10. The summed E-state index contributed by atoms with van der Waals surface area (Å²) in [4.78, 5) is 11.6. The number of amides is 1. The third kappa shape index (κ3) is 5.26. The Morgan fingerprint density at radius 2 is 1.84 bits per heavy atom. The smallest absolute Gasteiger partial charge is 0.242 e. The van der Waals surface area contributed by atoms with Gasteiger partial charge in [-0.05, 0) is 63.2 Å². The molecule has 0 fully saturated rings. The monoisotopic (exact) mass is 279 g/mol. The summed E-state index contributed by atoms with van der Waals surface area (Å²) in [5, 5.41) is 9.24. The van der Waals surface area contributed by atoms with Gasteiger partial charge in [0.1, 0.15) is 6.04 Å². The molecule has 0 heterocycles. The molecule has 1 atom stereocenters. The number of hydrogen-bond donors (Lipinski definition) is 3. The van der Waals surface area contributed by atoms with Crippen molar-refractivity contribution in [1.82, 2.24) is 10.6 Å². The van der Waals surface area contributed by atoms with Gasteiger partial charge in [0.25, 0.3) is 0 Å². The molecule has 1 aromatic carbocycles. The SMILES string of the molecule is CCNC(=O)[C@H](C)NC(=S)Nc1cc(C)cc(C)c1. The van der Waals surface area contributed by atoms with E-state index in [4.69, 9.17) is 12.2 Å². The van der Waals surface area contributed by atoms with E-state index in [2.05, 4.69) is 22.0 Å². The predicted molar refractivity (Wildman–Crippen MR) is 83.4 cm³/mol. The number of aryl methyl sites for hydroxylation is 2. The van der Waals surface area contributed by atoms with E-state index in [1.165, 1.54) is 11.1 Å². The number of nitrogens with one attached hydrogen (secondary N) is 3. The summed E-state index contributed by atoms with van der Waals surface area (Å²) in [5.74, 6) is -0.0629. The van der Waals surface area contributed by atoms with Crippen molar-refractivity contribution < 1.29 is 4.79 Å². The summed E-state index contributed by atoms with van der Waals surface area (Å²) >= 11 is 5.20. The van der Waals surface area contributed by atoms with E-state index >= 15 is 0 Å². The van der Waals surface area contributed by atoms with Crippen LogP contribution in [0.5, 0.6) is 0 Å². The Bertz CT molecular complexity index is 454. The van der Waals surface area contributed by atoms with Crippen LogP contribution in [0.4, 0.5) is 5.69 Å². The maximum Gasteiger partial charge on any atom is 0.242 e. The van der Waals surface area contributed by atoms with Crippen molar-refractivity contribution >= 4 is 28.9 Å². The highest BCUT2D eigenvalue weighted by Gasteiger charge is 2.12. The highest BCUT2D eigenvalue weighted by Crippen LogP contribution is 2.13.